The maximum Gasteiger partial charge on any atom is 0.308 e. The fourth-order valence-corrected chi connectivity index (χ4v) is 8.83. The quantitative estimate of drug-likeness (QED) is 0.295. The number of hydrogen-bond donors (Lipinski definition) is 3. The highest BCUT2D eigenvalue weighted by Crippen LogP contribution is 2.35. The first kappa shape index (κ1) is 43.0. The van der Waals surface area contributed by atoms with Gasteiger partial charge in [-0.2, -0.15) is 0 Å². The molecule has 4 heterocycles. The molecule has 1 unspecified atom stereocenters. The number of likely N-dealkylation sites (tertiary alicyclic amines) is 2. The van der Waals surface area contributed by atoms with Gasteiger partial charge in [0, 0.05) is 24.3 Å². The summed E-state index contributed by atoms with van der Waals surface area (Å²) in [6.45, 7) is 15.3. The van der Waals surface area contributed by atoms with Crippen molar-refractivity contribution in [1.29, 1.82) is 0 Å². The molecule has 0 saturated carbocycles. The molecule has 0 aromatic heterocycles. The molecule has 4 aliphatic heterocycles. The van der Waals surface area contributed by atoms with Crippen LogP contribution in [0.5, 0.6) is 0 Å². The van der Waals surface area contributed by atoms with Crippen LogP contribution in [0.1, 0.15) is 98.8 Å². The molecule has 11 nitrogen and oxygen atoms in total. The number of esters is 1. The normalized spacial score (nSPS) is 40.2. The van der Waals surface area contributed by atoms with E-state index in [-0.39, 0.29) is 36.1 Å². The molecule has 298 valence electrons. The first-order valence-electron chi connectivity index (χ1n) is 20.3. The average molecular weight is 734 g/mol. The molecule has 3 fully saturated rings. The van der Waals surface area contributed by atoms with E-state index in [0.717, 1.165) is 70.5 Å². The van der Waals surface area contributed by atoms with Gasteiger partial charge in [0.05, 0.1) is 36.9 Å². The van der Waals surface area contributed by atoms with E-state index < -0.39 is 54.7 Å². The predicted molar refractivity (Wildman–Crippen MR) is 203 cm³/mol. The lowest BCUT2D eigenvalue weighted by Gasteiger charge is -2.47. The molecule has 4 rings (SSSR count). The Balaban J connectivity index is 1.68. The second-order valence-electron chi connectivity index (χ2n) is 16.6. The Bertz CT molecular complexity index is 1170. The maximum atomic E-state index is 13.8. The number of cyclic esters (lactones) is 1. The minimum absolute atomic E-state index is 0.0270. The molecule has 0 radical (unpaired) electrons. The van der Waals surface area contributed by atoms with Crippen molar-refractivity contribution in [3.05, 3.63) is 23.8 Å². The van der Waals surface area contributed by atoms with Gasteiger partial charge in [-0.05, 0) is 118 Å². The zero-order chi connectivity index (χ0) is 37.9. The summed E-state index contributed by atoms with van der Waals surface area (Å²) in [6, 6.07) is -0.632. The van der Waals surface area contributed by atoms with E-state index in [0.29, 0.717) is 19.3 Å². The summed E-state index contributed by atoms with van der Waals surface area (Å²) in [4.78, 5) is 34.1. The largest absolute Gasteiger partial charge is 0.462 e. The van der Waals surface area contributed by atoms with Gasteiger partial charge in [0.2, 0.25) is 0 Å². The molecule has 0 amide bonds. The van der Waals surface area contributed by atoms with Crippen molar-refractivity contribution in [3.8, 4) is 0 Å². The first-order valence-corrected chi connectivity index (χ1v) is 20.3. The summed E-state index contributed by atoms with van der Waals surface area (Å²) in [6.07, 6.45) is 8.49. The second kappa shape index (κ2) is 20.8. The smallest absolute Gasteiger partial charge is 0.308 e. The molecule has 3 N–H and O–H groups in total. The Labute approximate surface area is 313 Å². The number of ether oxygens (including phenoxy) is 3. The Morgan fingerprint density at radius 1 is 0.904 bits per heavy atom. The topological polar surface area (TPSA) is 132 Å². The number of likely N-dealkylation sites (N-methyl/N-ethyl adjacent to an activating group) is 1. The van der Waals surface area contributed by atoms with E-state index in [1.54, 1.807) is 32.0 Å². The van der Waals surface area contributed by atoms with Gasteiger partial charge in [-0.25, -0.2) is 0 Å². The zero-order valence-corrected chi connectivity index (χ0v) is 33.2. The summed E-state index contributed by atoms with van der Waals surface area (Å²) >= 11 is 0. The number of aliphatic hydroxyl groups excluding tert-OH is 3. The fourth-order valence-electron chi connectivity index (χ4n) is 8.83. The van der Waals surface area contributed by atoms with Gasteiger partial charge >= 0.3 is 5.97 Å². The average Bonchev–Trinajstić information content (AvgIpc) is 3.12. The molecule has 11 heteroatoms. The van der Waals surface area contributed by atoms with Crippen molar-refractivity contribution in [2.24, 2.45) is 23.7 Å². The molecule has 52 heavy (non-hydrogen) atoms. The van der Waals surface area contributed by atoms with Crippen LogP contribution in [0.15, 0.2) is 23.8 Å². The van der Waals surface area contributed by atoms with Crippen LogP contribution >= 0.6 is 0 Å². The van der Waals surface area contributed by atoms with Gasteiger partial charge in [-0.3, -0.25) is 9.59 Å². The van der Waals surface area contributed by atoms with Crippen LogP contribution in [0.4, 0.5) is 0 Å². The Morgan fingerprint density at radius 2 is 1.54 bits per heavy atom. The summed E-state index contributed by atoms with van der Waals surface area (Å²) in [7, 11) is 3.60. The van der Waals surface area contributed by atoms with E-state index in [9.17, 15) is 24.9 Å². The molecule has 0 bridgehead atoms. The minimum Gasteiger partial charge on any atom is -0.462 e. The minimum atomic E-state index is -1.17. The van der Waals surface area contributed by atoms with Crippen LogP contribution in [0, 0.1) is 23.7 Å². The lowest BCUT2D eigenvalue weighted by atomic mass is 9.79. The van der Waals surface area contributed by atoms with E-state index in [1.165, 1.54) is 12.8 Å². The highest BCUT2D eigenvalue weighted by atomic mass is 16.7. The third-order valence-electron chi connectivity index (χ3n) is 12.1. The molecule has 0 spiro atoms. The molecule has 12 atom stereocenters. The number of piperidine rings is 2. The van der Waals surface area contributed by atoms with Crippen LogP contribution in [-0.2, 0) is 23.8 Å². The number of nitrogens with zero attached hydrogens (tertiary/aromatic N) is 3. The molecule has 0 aromatic rings. The summed E-state index contributed by atoms with van der Waals surface area (Å²) in [5.74, 6) is -1.58. The van der Waals surface area contributed by atoms with Gasteiger partial charge in [0.25, 0.3) is 0 Å². The number of carbonyl (C=O) groups excluding carboxylic acids is 2. The van der Waals surface area contributed by atoms with E-state index >= 15 is 0 Å². The number of allylic oxidation sites excluding steroid dienone is 3. The van der Waals surface area contributed by atoms with E-state index in [2.05, 4.69) is 15.9 Å². The lowest BCUT2D eigenvalue weighted by Crippen LogP contribution is -2.63. The first-order chi connectivity index (χ1) is 24.8. The predicted octanol–water partition coefficient (Wildman–Crippen LogP) is 4.18. The third-order valence-corrected chi connectivity index (χ3v) is 12.1. The van der Waals surface area contributed by atoms with Crippen LogP contribution in [0.3, 0.4) is 0 Å². The fraction of sp³-hybridized carbons (Fsp3) is 0.854. The lowest BCUT2D eigenvalue weighted by molar-refractivity contribution is -0.304. The summed E-state index contributed by atoms with van der Waals surface area (Å²) in [5.41, 5.74) is 0.954. The van der Waals surface area contributed by atoms with Crippen LogP contribution in [0.2, 0.25) is 0 Å². The second-order valence-corrected chi connectivity index (χ2v) is 16.6. The monoisotopic (exact) mass is 734 g/mol. The van der Waals surface area contributed by atoms with Crippen molar-refractivity contribution in [3.63, 3.8) is 0 Å². The number of hydrogen-bond acceptors (Lipinski definition) is 11. The standard InChI is InChI=1S/C41H71N3O8/c1-8-35-32(26-44-20-13-10-14-21-44)23-27(2)15-16-33(45)28(3)24-31(17-22-43-18-11-9-12-19-43)40(29(4)34(46)25-36(47)51-35)52-41-39(49)37(42(6)7)38(48)30(5)50-41/h15-16,23,28-32,34-35,37-41,46,48-49H,8-14,17-22,24-26H2,1-7H3/b16-15-,27-23-/t28-,29+,30+,31+,32-,34-,35-,37+,38-,39+,40-,41?/m1/s1. The van der Waals surface area contributed by atoms with Crippen molar-refractivity contribution in [2.75, 3.05) is 53.4 Å². The molecule has 0 aliphatic carbocycles. The molecular formula is C41H71N3O8. The SMILES string of the molecule is CC[C@H]1OC(=O)C[C@@H](O)[C@H](C)[C@@H](OC2O[C@@H](C)[C@@H](O)[C@H](N(C)C)[C@@H]2O)[C@@H](CCN2CCCCC2)C[C@@H](C)C(=O)/C=C\C(C)=C/[C@@H]1CN1CCCCC1. The molecule has 3 saturated heterocycles. The zero-order valence-electron chi connectivity index (χ0n) is 33.2. The Morgan fingerprint density at radius 3 is 2.15 bits per heavy atom. The Hall–Kier alpha value is -1.70. The van der Waals surface area contributed by atoms with Gasteiger partial charge in [-0.15, -0.1) is 0 Å². The van der Waals surface area contributed by atoms with Gasteiger partial charge < -0.3 is 44.2 Å². The number of rotatable bonds is 9. The van der Waals surface area contributed by atoms with E-state index in [1.807, 2.05) is 33.8 Å². The van der Waals surface area contributed by atoms with E-state index in [4.69, 9.17) is 14.2 Å². The summed E-state index contributed by atoms with van der Waals surface area (Å²) < 4.78 is 19.1. The van der Waals surface area contributed by atoms with Crippen molar-refractivity contribution in [2.45, 2.75) is 148 Å². The number of carbonyl (C=O) groups is 2. The van der Waals surface area contributed by atoms with Crippen LogP contribution < -0.4 is 0 Å². The molecule has 4 aliphatic rings. The maximum absolute atomic E-state index is 13.8. The number of ketones is 1. The van der Waals surface area contributed by atoms with Crippen molar-refractivity contribution in [1.82, 2.24) is 14.7 Å². The third kappa shape index (κ3) is 12.2. The highest BCUT2D eigenvalue weighted by Gasteiger charge is 2.47. The summed E-state index contributed by atoms with van der Waals surface area (Å²) in [5, 5.41) is 34.2. The van der Waals surface area contributed by atoms with Gasteiger partial charge in [-0.1, -0.05) is 51.3 Å². The highest BCUT2D eigenvalue weighted by molar-refractivity contribution is 5.91. The van der Waals surface area contributed by atoms with Gasteiger partial charge in [0.1, 0.15) is 12.2 Å². The molecular weight excluding hydrogens is 662 g/mol. The van der Waals surface area contributed by atoms with Gasteiger partial charge in [0.15, 0.2) is 12.1 Å². The van der Waals surface area contributed by atoms with Crippen LogP contribution in [-0.4, -0.2) is 144 Å². The van der Waals surface area contributed by atoms with Crippen LogP contribution in [0.25, 0.3) is 0 Å². The molecule has 0 aromatic carbocycles. The number of aliphatic hydroxyl groups is 3. The Kier molecular flexibility index (Phi) is 17.2. The van der Waals surface area contributed by atoms with Crippen molar-refractivity contribution >= 4 is 11.8 Å². The van der Waals surface area contributed by atoms with Crippen molar-refractivity contribution < 1.29 is 39.1 Å².